The molecular weight excluding hydrogens is 224 g/mol. The lowest BCUT2D eigenvalue weighted by Gasteiger charge is -2.06. The summed E-state index contributed by atoms with van der Waals surface area (Å²) in [6, 6.07) is 5.77. The molecule has 0 amide bonds. The highest BCUT2D eigenvalue weighted by molar-refractivity contribution is 5.90. The van der Waals surface area contributed by atoms with Crippen molar-refractivity contribution in [2.45, 2.75) is 20.0 Å². The second-order valence-corrected chi connectivity index (χ2v) is 3.44. The average Bonchev–Trinajstić information content (AvgIpc) is 2.28. The molecule has 0 aliphatic carbocycles. The number of esters is 1. The Morgan fingerprint density at radius 2 is 2.24 bits per heavy atom. The summed E-state index contributed by atoms with van der Waals surface area (Å²) in [4.78, 5) is 21.6. The van der Waals surface area contributed by atoms with Crippen LogP contribution in [0.4, 0.5) is 5.69 Å². The van der Waals surface area contributed by atoms with Crippen LogP contribution in [0.25, 0.3) is 0 Å². The minimum absolute atomic E-state index is 0.0596. The Balaban J connectivity index is 3.01. The van der Waals surface area contributed by atoms with Crippen LogP contribution in [-0.4, -0.2) is 17.0 Å². The molecule has 0 bridgehead atoms. The predicted octanol–water partition coefficient (Wildman–Crippen LogP) is 1.97. The number of aryl methyl sites for hydroxylation is 1. The highest BCUT2D eigenvalue weighted by Crippen LogP contribution is 2.19. The van der Waals surface area contributed by atoms with Gasteiger partial charge in [0.05, 0.1) is 10.5 Å². The summed E-state index contributed by atoms with van der Waals surface area (Å²) in [5, 5.41) is 19.2. The van der Waals surface area contributed by atoms with E-state index in [1.807, 2.05) is 0 Å². The van der Waals surface area contributed by atoms with E-state index in [1.54, 1.807) is 13.0 Å². The van der Waals surface area contributed by atoms with Crippen molar-refractivity contribution in [2.75, 3.05) is 0 Å². The number of nitrogens with zero attached hydrogens (tertiary/aromatic N) is 2. The number of hydrogen-bond acceptors (Lipinski definition) is 5. The molecule has 0 saturated heterocycles. The van der Waals surface area contributed by atoms with Crippen LogP contribution in [0.2, 0.25) is 0 Å². The smallest absolute Gasteiger partial charge is 0.339 e. The molecule has 0 fully saturated rings. The van der Waals surface area contributed by atoms with Gasteiger partial charge in [0.15, 0.2) is 6.10 Å². The number of nitro benzene ring substituents is 1. The van der Waals surface area contributed by atoms with E-state index < -0.39 is 17.0 Å². The maximum atomic E-state index is 11.5. The number of nitriles is 1. The highest BCUT2D eigenvalue weighted by atomic mass is 16.6. The fourth-order valence-electron chi connectivity index (χ4n) is 1.19. The number of benzene rings is 1. The van der Waals surface area contributed by atoms with E-state index in [-0.39, 0.29) is 11.3 Å². The van der Waals surface area contributed by atoms with Gasteiger partial charge in [-0.15, -0.1) is 0 Å². The molecular formula is C11H10N2O4. The van der Waals surface area contributed by atoms with Crippen molar-refractivity contribution in [3.8, 4) is 6.07 Å². The normalized spacial score (nSPS) is 11.4. The van der Waals surface area contributed by atoms with Gasteiger partial charge in [-0.25, -0.2) is 4.79 Å². The summed E-state index contributed by atoms with van der Waals surface area (Å²) in [6.07, 6.45) is -0.886. The van der Waals surface area contributed by atoms with E-state index in [0.29, 0.717) is 5.56 Å². The molecule has 17 heavy (non-hydrogen) atoms. The van der Waals surface area contributed by atoms with Gasteiger partial charge in [-0.05, 0) is 19.9 Å². The van der Waals surface area contributed by atoms with Gasteiger partial charge in [-0.3, -0.25) is 10.1 Å². The molecule has 1 rings (SSSR count). The molecule has 0 unspecified atom stereocenters. The van der Waals surface area contributed by atoms with Gasteiger partial charge in [0.25, 0.3) is 5.69 Å². The summed E-state index contributed by atoms with van der Waals surface area (Å²) in [7, 11) is 0. The Hall–Kier alpha value is -2.42. The quantitative estimate of drug-likeness (QED) is 0.452. The fourth-order valence-corrected chi connectivity index (χ4v) is 1.19. The summed E-state index contributed by atoms with van der Waals surface area (Å²) in [5.74, 6) is -0.748. The largest absolute Gasteiger partial charge is 0.444 e. The zero-order valence-electron chi connectivity index (χ0n) is 9.34. The van der Waals surface area contributed by atoms with E-state index in [2.05, 4.69) is 0 Å². The molecule has 0 N–H and O–H groups in total. The number of carbonyl (C=O) groups is 1. The summed E-state index contributed by atoms with van der Waals surface area (Å²) in [6.45, 7) is 2.99. The first-order chi connectivity index (χ1) is 7.95. The summed E-state index contributed by atoms with van der Waals surface area (Å²) in [5.41, 5.74) is 0.369. The Morgan fingerprint density at radius 1 is 1.59 bits per heavy atom. The predicted molar refractivity (Wildman–Crippen MR) is 58.3 cm³/mol. The molecule has 0 aromatic heterocycles. The number of nitro groups is 1. The average molecular weight is 234 g/mol. The lowest BCUT2D eigenvalue weighted by molar-refractivity contribution is -0.385. The second kappa shape index (κ2) is 5.07. The Morgan fingerprint density at radius 3 is 2.76 bits per heavy atom. The molecule has 6 nitrogen and oxygen atoms in total. The van der Waals surface area contributed by atoms with Crippen LogP contribution < -0.4 is 0 Å². The van der Waals surface area contributed by atoms with Crippen molar-refractivity contribution in [1.29, 1.82) is 5.26 Å². The minimum atomic E-state index is -0.886. The molecule has 0 spiro atoms. The molecule has 1 aromatic rings. The van der Waals surface area contributed by atoms with Crippen LogP contribution in [0.1, 0.15) is 22.8 Å². The third-order valence-electron chi connectivity index (χ3n) is 2.11. The molecule has 0 saturated carbocycles. The number of hydrogen-bond donors (Lipinski definition) is 0. The molecule has 6 heteroatoms. The molecule has 1 atom stereocenters. The first kappa shape index (κ1) is 12.6. The van der Waals surface area contributed by atoms with Crippen molar-refractivity contribution >= 4 is 11.7 Å². The number of ether oxygens (including phenoxy) is 1. The maximum Gasteiger partial charge on any atom is 0.339 e. The highest BCUT2D eigenvalue weighted by Gasteiger charge is 2.17. The lowest BCUT2D eigenvalue weighted by Crippen LogP contribution is -2.13. The zero-order chi connectivity index (χ0) is 13.0. The van der Waals surface area contributed by atoms with Gasteiger partial charge >= 0.3 is 5.97 Å². The van der Waals surface area contributed by atoms with Gasteiger partial charge < -0.3 is 4.74 Å². The molecule has 0 aliphatic rings. The SMILES string of the molecule is Cc1ccc(C(=O)O[C@H](C)C#N)cc1[N+](=O)[O-]. The zero-order valence-corrected chi connectivity index (χ0v) is 9.34. The van der Waals surface area contributed by atoms with Crippen LogP contribution in [0.15, 0.2) is 18.2 Å². The van der Waals surface area contributed by atoms with E-state index in [0.717, 1.165) is 6.07 Å². The first-order valence-corrected chi connectivity index (χ1v) is 4.81. The van der Waals surface area contributed by atoms with Crippen molar-refractivity contribution < 1.29 is 14.5 Å². The van der Waals surface area contributed by atoms with Gasteiger partial charge in [0.2, 0.25) is 0 Å². The Kier molecular flexibility index (Phi) is 3.78. The summed E-state index contributed by atoms with van der Waals surface area (Å²) >= 11 is 0. The topological polar surface area (TPSA) is 93.2 Å². The van der Waals surface area contributed by atoms with E-state index >= 15 is 0 Å². The summed E-state index contributed by atoms with van der Waals surface area (Å²) < 4.78 is 4.74. The molecule has 88 valence electrons. The molecule has 0 radical (unpaired) electrons. The standard InChI is InChI=1S/C11H10N2O4/c1-7-3-4-9(5-10(7)13(15)16)11(14)17-8(2)6-12/h3-5,8H,1-2H3/t8-/m1/s1. The van der Waals surface area contributed by atoms with Gasteiger partial charge in [0.1, 0.15) is 6.07 Å². The monoisotopic (exact) mass is 234 g/mol. The van der Waals surface area contributed by atoms with Crippen molar-refractivity contribution in [1.82, 2.24) is 0 Å². The van der Waals surface area contributed by atoms with Crippen LogP contribution in [0.3, 0.4) is 0 Å². The number of rotatable bonds is 3. The third-order valence-corrected chi connectivity index (χ3v) is 2.11. The van der Waals surface area contributed by atoms with Gasteiger partial charge in [0, 0.05) is 11.6 Å². The minimum Gasteiger partial charge on any atom is -0.444 e. The van der Waals surface area contributed by atoms with E-state index in [1.165, 1.54) is 19.1 Å². The molecule has 0 heterocycles. The third kappa shape index (κ3) is 3.01. The molecule has 1 aromatic carbocycles. The fraction of sp³-hybridized carbons (Fsp3) is 0.273. The Bertz CT molecular complexity index is 505. The van der Waals surface area contributed by atoms with E-state index in [9.17, 15) is 14.9 Å². The van der Waals surface area contributed by atoms with Crippen LogP contribution in [-0.2, 0) is 4.74 Å². The van der Waals surface area contributed by atoms with Crippen LogP contribution >= 0.6 is 0 Å². The number of carbonyl (C=O) groups excluding carboxylic acids is 1. The van der Waals surface area contributed by atoms with Crippen molar-refractivity contribution in [2.24, 2.45) is 0 Å². The second-order valence-electron chi connectivity index (χ2n) is 3.44. The maximum absolute atomic E-state index is 11.5. The van der Waals surface area contributed by atoms with Gasteiger partial charge in [-0.1, -0.05) is 6.07 Å². The first-order valence-electron chi connectivity index (χ1n) is 4.81. The van der Waals surface area contributed by atoms with E-state index in [4.69, 9.17) is 10.00 Å². The van der Waals surface area contributed by atoms with Gasteiger partial charge in [-0.2, -0.15) is 5.26 Å². The van der Waals surface area contributed by atoms with Crippen molar-refractivity contribution in [3.63, 3.8) is 0 Å². The lowest BCUT2D eigenvalue weighted by atomic mass is 10.1. The van der Waals surface area contributed by atoms with Crippen LogP contribution in [0.5, 0.6) is 0 Å². The Labute approximate surface area is 97.6 Å². The molecule has 0 aliphatic heterocycles. The van der Waals surface area contributed by atoms with Crippen LogP contribution in [0, 0.1) is 28.4 Å². The van der Waals surface area contributed by atoms with Crippen molar-refractivity contribution in [3.05, 3.63) is 39.4 Å².